The summed E-state index contributed by atoms with van der Waals surface area (Å²) >= 11 is 0. The highest BCUT2D eigenvalue weighted by Gasteiger charge is 2.16. The topological polar surface area (TPSA) is 54.7 Å². The van der Waals surface area contributed by atoms with Crippen LogP contribution >= 0.6 is 0 Å². The summed E-state index contributed by atoms with van der Waals surface area (Å²) in [7, 11) is 1.83. The van der Waals surface area contributed by atoms with E-state index in [0.29, 0.717) is 24.3 Å². The molecular formula is C18H17N3O2. The van der Waals surface area contributed by atoms with Crippen LogP contribution in [0.3, 0.4) is 0 Å². The molecule has 0 unspecified atom stereocenters. The second-order valence-electron chi connectivity index (χ2n) is 5.50. The Morgan fingerprint density at radius 3 is 2.61 bits per heavy atom. The van der Waals surface area contributed by atoms with E-state index in [2.05, 4.69) is 4.98 Å². The SMILES string of the molecule is Cc1cccn2c(=O)c(C=O)c(N(C)Cc3ccccc3)nc12. The fourth-order valence-corrected chi connectivity index (χ4v) is 2.63. The molecule has 0 atom stereocenters. The Morgan fingerprint density at radius 1 is 1.17 bits per heavy atom. The van der Waals surface area contributed by atoms with Gasteiger partial charge in [-0.3, -0.25) is 14.0 Å². The van der Waals surface area contributed by atoms with Gasteiger partial charge in [-0.25, -0.2) is 4.98 Å². The van der Waals surface area contributed by atoms with Gasteiger partial charge in [0.1, 0.15) is 17.0 Å². The minimum Gasteiger partial charge on any atom is -0.355 e. The molecule has 3 aromatic rings. The molecule has 0 amide bonds. The van der Waals surface area contributed by atoms with Gasteiger partial charge in [0, 0.05) is 19.8 Å². The van der Waals surface area contributed by atoms with E-state index >= 15 is 0 Å². The number of aldehydes is 1. The molecule has 0 fully saturated rings. The summed E-state index contributed by atoms with van der Waals surface area (Å²) in [5.74, 6) is 0.406. The third kappa shape index (κ3) is 2.73. The molecule has 2 aromatic heterocycles. The molecule has 0 saturated heterocycles. The average molecular weight is 307 g/mol. The molecule has 2 heterocycles. The maximum Gasteiger partial charge on any atom is 0.270 e. The third-order valence-corrected chi connectivity index (χ3v) is 3.81. The predicted octanol–water partition coefficient (Wildman–Crippen LogP) is 2.45. The largest absolute Gasteiger partial charge is 0.355 e. The molecule has 116 valence electrons. The Kier molecular flexibility index (Phi) is 3.93. The maximum absolute atomic E-state index is 12.6. The molecule has 5 heteroatoms. The standard InChI is InChI=1S/C18H17N3O2/c1-13-7-6-10-21-16(13)19-17(15(12-22)18(21)23)20(2)11-14-8-4-3-5-9-14/h3-10,12H,11H2,1-2H3. The highest BCUT2D eigenvalue weighted by molar-refractivity contribution is 5.83. The lowest BCUT2D eigenvalue weighted by molar-refractivity contribution is 0.112. The van der Waals surface area contributed by atoms with Crippen LogP contribution in [0.4, 0.5) is 5.82 Å². The van der Waals surface area contributed by atoms with Crippen molar-refractivity contribution in [2.45, 2.75) is 13.5 Å². The number of carbonyl (C=O) groups is 1. The van der Waals surface area contributed by atoms with Crippen LogP contribution in [0.2, 0.25) is 0 Å². The zero-order valence-corrected chi connectivity index (χ0v) is 13.1. The van der Waals surface area contributed by atoms with Crippen LogP contribution in [0.5, 0.6) is 0 Å². The van der Waals surface area contributed by atoms with Crippen LogP contribution in [0.1, 0.15) is 21.5 Å². The van der Waals surface area contributed by atoms with Gasteiger partial charge >= 0.3 is 0 Å². The second-order valence-corrected chi connectivity index (χ2v) is 5.50. The van der Waals surface area contributed by atoms with Gasteiger partial charge in [0.05, 0.1) is 0 Å². The zero-order chi connectivity index (χ0) is 16.4. The highest BCUT2D eigenvalue weighted by atomic mass is 16.1. The Hall–Kier alpha value is -2.95. The molecule has 0 radical (unpaired) electrons. The molecule has 0 N–H and O–H groups in total. The summed E-state index contributed by atoms with van der Waals surface area (Å²) in [4.78, 5) is 30.4. The molecule has 0 aliphatic carbocycles. The van der Waals surface area contributed by atoms with Crippen molar-refractivity contribution in [1.82, 2.24) is 9.38 Å². The van der Waals surface area contributed by atoms with Crippen LogP contribution in [0, 0.1) is 6.92 Å². The number of fused-ring (bicyclic) bond motifs is 1. The van der Waals surface area contributed by atoms with Crippen LogP contribution < -0.4 is 10.5 Å². The van der Waals surface area contributed by atoms with Gasteiger partial charge in [0.2, 0.25) is 0 Å². The third-order valence-electron chi connectivity index (χ3n) is 3.81. The highest BCUT2D eigenvalue weighted by Crippen LogP contribution is 2.17. The van der Waals surface area contributed by atoms with Crippen molar-refractivity contribution in [3.8, 4) is 0 Å². The number of pyridine rings is 1. The number of hydrogen-bond donors (Lipinski definition) is 0. The summed E-state index contributed by atoms with van der Waals surface area (Å²) in [6.07, 6.45) is 2.21. The number of nitrogens with zero attached hydrogens (tertiary/aromatic N) is 3. The van der Waals surface area contributed by atoms with Crippen LogP contribution in [0.15, 0.2) is 53.5 Å². The van der Waals surface area contributed by atoms with Gasteiger partial charge in [-0.1, -0.05) is 36.4 Å². The maximum atomic E-state index is 12.6. The number of anilines is 1. The van der Waals surface area contributed by atoms with Crippen molar-refractivity contribution in [1.29, 1.82) is 0 Å². The normalized spacial score (nSPS) is 10.7. The molecule has 0 spiro atoms. The molecule has 0 bridgehead atoms. The number of aryl methyl sites for hydroxylation is 1. The number of benzene rings is 1. The lowest BCUT2D eigenvalue weighted by atomic mass is 10.2. The van der Waals surface area contributed by atoms with E-state index in [9.17, 15) is 9.59 Å². The minimum atomic E-state index is -0.344. The number of aromatic nitrogens is 2. The average Bonchev–Trinajstić information content (AvgIpc) is 2.56. The van der Waals surface area contributed by atoms with Crippen molar-refractivity contribution < 1.29 is 4.79 Å². The number of carbonyl (C=O) groups excluding carboxylic acids is 1. The first-order valence-corrected chi connectivity index (χ1v) is 7.34. The summed E-state index contributed by atoms with van der Waals surface area (Å²) in [5, 5.41) is 0. The lowest BCUT2D eigenvalue weighted by Crippen LogP contribution is -2.27. The molecule has 23 heavy (non-hydrogen) atoms. The number of rotatable bonds is 4. The molecule has 0 aliphatic rings. The van der Waals surface area contributed by atoms with E-state index in [1.54, 1.807) is 12.3 Å². The van der Waals surface area contributed by atoms with Gasteiger partial charge in [-0.15, -0.1) is 0 Å². The van der Waals surface area contributed by atoms with Crippen LogP contribution in [-0.4, -0.2) is 22.7 Å². The molecule has 3 rings (SSSR count). The van der Waals surface area contributed by atoms with Crippen molar-refractivity contribution in [2.75, 3.05) is 11.9 Å². The minimum absolute atomic E-state index is 0.0755. The monoisotopic (exact) mass is 307 g/mol. The summed E-state index contributed by atoms with van der Waals surface area (Å²) < 4.78 is 1.42. The Balaban J connectivity index is 2.14. The molecular weight excluding hydrogens is 290 g/mol. The quantitative estimate of drug-likeness (QED) is 0.695. The molecule has 5 nitrogen and oxygen atoms in total. The van der Waals surface area contributed by atoms with E-state index in [0.717, 1.165) is 11.1 Å². The van der Waals surface area contributed by atoms with Gasteiger partial charge in [0.15, 0.2) is 6.29 Å². The smallest absolute Gasteiger partial charge is 0.270 e. The first-order valence-electron chi connectivity index (χ1n) is 7.34. The number of hydrogen-bond acceptors (Lipinski definition) is 4. The Labute approximate surface area is 133 Å². The summed E-state index contributed by atoms with van der Waals surface area (Å²) in [5.41, 5.74) is 2.27. The predicted molar refractivity (Wildman–Crippen MR) is 90.1 cm³/mol. The van der Waals surface area contributed by atoms with Gasteiger partial charge in [0.25, 0.3) is 5.56 Å². The van der Waals surface area contributed by atoms with Crippen molar-refractivity contribution in [3.05, 3.63) is 75.7 Å². The van der Waals surface area contributed by atoms with Gasteiger partial charge in [-0.05, 0) is 24.1 Å². The first-order chi connectivity index (χ1) is 11.1. The summed E-state index contributed by atoms with van der Waals surface area (Å²) in [6.45, 7) is 2.46. The van der Waals surface area contributed by atoms with Gasteiger partial charge < -0.3 is 4.90 Å². The fourth-order valence-electron chi connectivity index (χ4n) is 2.63. The van der Waals surface area contributed by atoms with E-state index in [1.165, 1.54) is 4.40 Å². The molecule has 0 aliphatic heterocycles. The Morgan fingerprint density at radius 2 is 1.91 bits per heavy atom. The van der Waals surface area contributed by atoms with Crippen LogP contribution in [0.25, 0.3) is 5.65 Å². The van der Waals surface area contributed by atoms with Crippen molar-refractivity contribution in [3.63, 3.8) is 0 Å². The second kappa shape index (κ2) is 6.04. The van der Waals surface area contributed by atoms with Crippen molar-refractivity contribution >= 4 is 17.8 Å². The molecule has 1 aromatic carbocycles. The fraction of sp³-hybridized carbons (Fsp3) is 0.167. The first kappa shape index (κ1) is 15.0. The lowest BCUT2D eigenvalue weighted by Gasteiger charge is -2.20. The zero-order valence-electron chi connectivity index (χ0n) is 13.1. The van der Waals surface area contributed by atoms with E-state index < -0.39 is 0 Å². The van der Waals surface area contributed by atoms with Gasteiger partial charge in [-0.2, -0.15) is 0 Å². The van der Waals surface area contributed by atoms with E-state index in [-0.39, 0.29) is 11.1 Å². The van der Waals surface area contributed by atoms with E-state index in [4.69, 9.17) is 0 Å². The molecule has 0 saturated carbocycles. The van der Waals surface area contributed by atoms with E-state index in [1.807, 2.05) is 55.3 Å². The van der Waals surface area contributed by atoms with Crippen LogP contribution in [-0.2, 0) is 6.54 Å². The Bertz CT molecular complexity index is 917. The summed E-state index contributed by atoms with van der Waals surface area (Å²) in [6, 6.07) is 13.5. The van der Waals surface area contributed by atoms with Crippen molar-refractivity contribution in [2.24, 2.45) is 0 Å².